The first-order valence-corrected chi connectivity index (χ1v) is 9.25. The third-order valence-electron chi connectivity index (χ3n) is 4.23. The number of carbonyl (C=O) groups excluding carboxylic acids is 1. The Labute approximate surface area is 147 Å². The molecule has 0 atom stereocenters. The molecule has 1 aromatic carbocycles. The lowest BCUT2D eigenvalue weighted by atomic mass is 10.2. The molecule has 1 aromatic heterocycles. The van der Waals surface area contributed by atoms with Gasteiger partial charge in [-0.25, -0.2) is 0 Å². The first-order valence-electron chi connectivity index (χ1n) is 8.37. The molecule has 1 amide bonds. The van der Waals surface area contributed by atoms with Gasteiger partial charge >= 0.3 is 0 Å². The summed E-state index contributed by atoms with van der Waals surface area (Å²) in [6, 6.07) is 14.4. The summed E-state index contributed by atoms with van der Waals surface area (Å²) in [5.41, 5.74) is 1.24. The molecule has 1 aliphatic heterocycles. The van der Waals surface area contributed by atoms with Gasteiger partial charge < -0.3 is 9.80 Å². The summed E-state index contributed by atoms with van der Waals surface area (Å²) in [5.74, 6) is 0.127. The number of piperazine rings is 1. The fourth-order valence-corrected chi connectivity index (χ4v) is 3.44. The van der Waals surface area contributed by atoms with Crippen molar-refractivity contribution in [1.29, 1.82) is 0 Å². The normalized spacial score (nSPS) is 16.2. The molecule has 0 aliphatic carbocycles. The lowest BCUT2D eigenvalue weighted by Crippen LogP contribution is -3.14. The van der Waals surface area contributed by atoms with Gasteiger partial charge in [-0.05, 0) is 29.2 Å². The highest BCUT2D eigenvalue weighted by atomic mass is 32.1. The molecule has 24 heavy (non-hydrogen) atoms. The molecule has 0 bridgehead atoms. The van der Waals surface area contributed by atoms with Crippen molar-refractivity contribution in [2.75, 3.05) is 32.7 Å². The van der Waals surface area contributed by atoms with Gasteiger partial charge in [0.15, 0.2) is 0 Å². The third kappa shape index (κ3) is 4.91. The van der Waals surface area contributed by atoms with Crippen molar-refractivity contribution in [3.63, 3.8) is 0 Å². The van der Waals surface area contributed by atoms with Crippen LogP contribution in [0.4, 0.5) is 0 Å². The highest BCUT2D eigenvalue weighted by molar-refractivity contribution is 7.10. The summed E-state index contributed by atoms with van der Waals surface area (Å²) < 4.78 is 0. The number of quaternary nitrogens is 1. The molecule has 4 heteroatoms. The van der Waals surface area contributed by atoms with E-state index >= 15 is 0 Å². The molecular formula is C20H23N2OS+. The van der Waals surface area contributed by atoms with Crippen LogP contribution in [0.3, 0.4) is 0 Å². The fraction of sp³-hybridized carbons (Fsp3) is 0.250. The van der Waals surface area contributed by atoms with Crippen LogP contribution in [0, 0.1) is 0 Å². The Balaban J connectivity index is 1.42. The van der Waals surface area contributed by atoms with Gasteiger partial charge in [0.05, 0.1) is 32.7 Å². The van der Waals surface area contributed by atoms with Crippen molar-refractivity contribution < 1.29 is 9.69 Å². The third-order valence-corrected chi connectivity index (χ3v) is 5.07. The SMILES string of the molecule is O=C(/C=C/c1cccs1)N1CC[NH+](C/C=C/c2ccccc2)CC1. The van der Waals surface area contributed by atoms with Crippen molar-refractivity contribution in [3.8, 4) is 0 Å². The van der Waals surface area contributed by atoms with E-state index in [1.165, 1.54) is 10.5 Å². The molecule has 0 spiro atoms. The second-order valence-electron chi connectivity index (χ2n) is 5.94. The number of benzene rings is 1. The fourth-order valence-electron chi connectivity index (χ4n) is 2.82. The van der Waals surface area contributed by atoms with Gasteiger partial charge in [-0.3, -0.25) is 4.79 Å². The highest BCUT2D eigenvalue weighted by Gasteiger charge is 2.21. The lowest BCUT2D eigenvalue weighted by molar-refractivity contribution is -0.898. The summed E-state index contributed by atoms with van der Waals surface area (Å²) in [6.45, 7) is 4.71. The first-order chi connectivity index (χ1) is 11.8. The number of thiophene rings is 1. The molecule has 0 saturated carbocycles. The van der Waals surface area contributed by atoms with Crippen molar-refractivity contribution in [3.05, 3.63) is 70.4 Å². The predicted molar refractivity (Wildman–Crippen MR) is 101 cm³/mol. The molecule has 3 nitrogen and oxygen atoms in total. The maximum atomic E-state index is 12.2. The van der Waals surface area contributed by atoms with Gasteiger partial charge in [0.2, 0.25) is 5.91 Å². The van der Waals surface area contributed by atoms with E-state index in [1.54, 1.807) is 17.4 Å². The number of nitrogens with zero attached hydrogens (tertiary/aromatic N) is 1. The van der Waals surface area contributed by atoms with Gasteiger partial charge in [-0.2, -0.15) is 0 Å². The zero-order valence-corrected chi connectivity index (χ0v) is 14.5. The minimum absolute atomic E-state index is 0.127. The first kappa shape index (κ1) is 16.7. The van der Waals surface area contributed by atoms with Crippen LogP contribution in [-0.4, -0.2) is 43.5 Å². The standard InChI is InChI=1S/C20H22N2OS/c23-20(11-10-19-9-5-17-24-19)22-15-13-21(14-16-22)12-4-8-18-6-2-1-3-7-18/h1-11,17H,12-16H2/p+1/b8-4+,11-10+. The number of nitrogens with one attached hydrogen (secondary N) is 1. The van der Waals surface area contributed by atoms with Crippen molar-refractivity contribution in [2.45, 2.75) is 0 Å². The average Bonchev–Trinajstić information content (AvgIpc) is 3.15. The molecule has 124 valence electrons. The molecule has 2 heterocycles. The number of hydrogen-bond donors (Lipinski definition) is 1. The summed E-state index contributed by atoms with van der Waals surface area (Å²) in [4.78, 5) is 16.8. The lowest BCUT2D eigenvalue weighted by Gasteiger charge is -2.31. The summed E-state index contributed by atoms with van der Waals surface area (Å²) in [5, 5.41) is 2.02. The van der Waals surface area contributed by atoms with Gasteiger partial charge in [0.25, 0.3) is 0 Å². The quantitative estimate of drug-likeness (QED) is 0.830. The van der Waals surface area contributed by atoms with E-state index in [1.807, 2.05) is 34.6 Å². The Morgan fingerprint density at radius 1 is 1.08 bits per heavy atom. The van der Waals surface area contributed by atoms with E-state index in [0.29, 0.717) is 0 Å². The molecule has 0 radical (unpaired) electrons. The second-order valence-corrected chi connectivity index (χ2v) is 6.92. The zero-order valence-electron chi connectivity index (χ0n) is 13.7. The number of amides is 1. The summed E-state index contributed by atoms with van der Waals surface area (Å²) >= 11 is 1.65. The summed E-state index contributed by atoms with van der Waals surface area (Å²) in [6.07, 6.45) is 8.02. The number of carbonyl (C=O) groups is 1. The summed E-state index contributed by atoms with van der Waals surface area (Å²) in [7, 11) is 0. The van der Waals surface area contributed by atoms with Crippen LogP contribution in [0.5, 0.6) is 0 Å². The zero-order chi connectivity index (χ0) is 16.6. The van der Waals surface area contributed by atoms with Gasteiger partial charge in [0, 0.05) is 11.0 Å². The molecule has 1 saturated heterocycles. The molecule has 3 rings (SSSR count). The van der Waals surface area contributed by atoms with Crippen molar-refractivity contribution >= 4 is 29.4 Å². The largest absolute Gasteiger partial charge is 0.329 e. The Kier molecular flexibility index (Phi) is 5.99. The van der Waals surface area contributed by atoms with E-state index in [2.05, 4.69) is 36.4 Å². The molecule has 1 aliphatic rings. The molecule has 2 aromatic rings. The van der Waals surface area contributed by atoms with Crippen LogP contribution >= 0.6 is 11.3 Å². The monoisotopic (exact) mass is 339 g/mol. The van der Waals surface area contributed by atoms with Crippen LogP contribution in [0.1, 0.15) is 10.4 Å². The van der Waals surface area contributed by atoms with Crippen LogP contribution in [0.2, 0.25) is 0 Å². The Morgan fingerprint density at radius 3 is 2.58 bits per heavy atom. The Bertz CT molecular complexity index is 684. The predicted octanol–water partition coefficient (Wildman–Crippen LogP) is 2.20. The second kappa shape index (κ2) is 8.62. The maximum absolute atomic E-state index is 12.2. The smallest absolute Gasteiger partial charge is 0.247 e. The molecule has 0 unspecified atom stereocenters. The Hall–Kier alpha value is -2.17. The molecular weight excluding hydrogens is 316 g/mol. The van der Waals surface area contributed by atoms with E-state index in [-0.39, 0.29) is 5.91 Å². The Morgan fingerprint density at radius 2 is 1.88 bits per heavy atom. The minimum Gasteiger partial charge on any atom is -0.329 e. The van der Waals surface area contributed by atoms with Gasteiger partial charge in [-0.1, -0.05) is 42.5 Å². The minimum atomic E-state index is 0.127. The van der Waals surface area contributed by atoms with E-state index in [9.17, 15) is 4.79 Å². The number of hydrogen-bond acceptors (Lipinski definition) is 2. The van der Waals surface area contributed by atoms with Gasteiger partial charge in [0.1, 0.15) is 0 Å². The van der Waals surface area contributed by atoms with E-state index < -0.39 is 0 Å². The van der Waals surface area contributed by atoms with E-state index in [0.717, 1.165) is 37.6 Å². The van der Waals surface area contributed by atoms with Crippen LogP contribution in [0.25, 0.3) is 12.2 Å². The van der Waals surface area contributed by atoms with Crippen LogP contribution < -0.4 is 4.90 Å². The van der Waals surface area contributed by atoms with Crippen LogP contribution in [0.15, 0.2) is 60.0 Å². The maximum Gasteiger partial charge on any atom is 0.247 e. The average molecular weight is 339 g/mol. The van der Waals surface area contributed by atoms with E-state index in [4.69, 9.17) is 0 Å². The highest BCUT2D eigenvalue weighted by Crippen LogP contribution is 2.10. The molecule has 1 fully saturated rings. The topological polar surface area (TPSA) is 24.8 Å². The van der Waals surface area contributed by atoms with Crippen molar-refractivity contribution in [2.24, 2.45) is 0 Å². The molecule has 1 N–H and O–H groups in total. The number of rotatable bonds is 5. The van der Waals surface area contributed by atoms with Crippen LogP contribution in [-0.2, 0) is 4.79 Å². The van der Waals surface area contributed by atoms with Gasteiger partial charge in [-0.15, -0.1) is 11.3 Å². The van der Waals surface area contributed by atoms with Crippen molar-refractivity contribution in [1.82, 2.24) is 4.90 Å².